The number of methoxy groups -OCH3 is 2. The van der Waals surface area contributed by atoms with Gasteiger partial charge in [-0.1, -0.05) is 24.3 Å². The summed E-state index contributed by atoms with van der Waals surface area (Å²) in [6.07, 6.45) is 2.81. The summed E-state index contributed by atoms with van der Waals surface area (Å²) in [6, 6.07) is 14.4. The number of ether oxygens (including phenoxy) is 2. The SMILES string of the molecule is COc1cccc(CNC(=O)N2C3CN(Cc4ccncc4)C(=O)[C@H](Cc4ccc(O)cc4)N3C(=O)CN2C)c1OC. The number of hydrogen-bond acceptors (Lipinski definition) is 8. The molecule has 2 N–H and O–H groups in total. The monoisotopic (exact) mass is 574 g/mol. The van der Waals surface area contributed by atoms with Crippen molar-refractivity contribution in [3.8, 4) is 17.2 Å². The molecule has 2 fully saturated rings. The Kier molecular flexibility index (Phi) is 8.43. The molecule has 12 nitrogen and oxygen atoms in total. The zero-order valence-electron chi connectivity index (χ0n) is 23.8. The molecule has 0 saturated carbocycles. The third kappa shape index (κ3) is 5.79. The van der Waals surface area contributed by atoms with Gasteiger partial charge in [0.1, 0.15) is 18.0 Å². The van der Waals surface area contributed by atoms with Crippen LogP contribution in [0.15, 0.2) is 67.0 Å². The zero-order chi connectivity index (χ0) is 29.8. The molecule has 0 radical (unpaired) electrons. The highest BCUT2D eigenvalue weighted by molar-refractivity contribution is 5.91. The van der Waals surface area contributed by atoms with Crippen LogP contribution in [0.3, 0.4) is 0 Å². The van der Waals surface area contributed by atoms with Crippen LogP contribution in [0.1, 0.15) is 16.7 Å². The van der Waals surface area contributed by atoms with Crippen LogP contribution in [-0.2, 0) is 29.1 Å². The van der Waals surface area contributed by atoms with Gasteiger partial charge in [0, 0.05) is 44.5 Å². The standard InChI is InChI=1S/C30H34N6O6/c1-33-19-27(38)35-24(15-20-7-9-23(37)10-8-20)29(39)34(17-21-11-13-31-14-12-21)18-26(35)36(33)30(40)32-16-22-5-4-6-25(41-2)28(22)42-3/h4-14,24,26,37H,15-19H2,1-3H3,(H,32,40)/t24-,26?/m0/s1. The predicted molar refractivity (Wildman–Crippen MR) is 152 cm³/mol. The molecule has 220 valence electrons. The van der Waals surface area contributed by atoms with Crippen molar-refractivity contribution in [3.05, 3.63) is 83.7 Å². The molecule has 3 aromatic rings. The third-order valence-corrected chi connectivity index (χ3v) is 7.55. The van der Waals surface area contributed by atoms with Crippen LogP contribution in [0.25, 0.3) is 0 Å². The predicted octanol–water partition coefficient (Wildman–Crippen LogP) is 1.98. The molecule has 2 aromatic carbocycles. The van der Waals surface area contributed by atoms with Crippen molar-refractivity contribution in [3.63, 3.8) is 0 Å². The van der Waals surface area contributed by atoms with Gasteiger partial charge in [0.05, 0.1) is 27.3 Å². The number of carbonyl (C=O) groups excluding carboxylic acids is 3. The van der Waals surface area contributed by atoms with Crippen molar-refractivity contribution < 1.29 is 29.0 Å². The second-order valence-electron chi connectivity index (χ2n) is 10.2. The lowest BCUT2D eigenvalue weighted by molar-refractivity contribution is -0.187. The van der Waals surface area contributed by atoms with E-state index in [2.05, 4.69) is 10.3 Å². The lowest BCUT2D eigenvalue weighted by atomic mass is 9.98. The maximum atomic E-state index is 13.9. The van der Waals surface area contributed by atoms with E-state index < -0.39 is 18.2 Å². The molecule has 2 saturated heterocycles. The summed E-state index contributed by atoms with van der Waals surface area (Å²) in [5.41, 5.74) is 2.39. The molecule has 1 unspecified atom stereocenters. The Morgan fingerprint density at radius 1 is 1.02 bits per heavy atom. The Labute approximate surface area is 244 Å². The molecule has 42 heavy (non-hydrogen) atoms. The van der Waals surface area contributed by atoms with Gasteiger partial charge in [-0.15, -0.1) is 0 Å². The van der Waals surface area contributed by atoms with Crippen LogP contribution in [0.5, 0.6) is 17.2 Å². The van der Waals surface area contributed by atoms with Gasteiger partial charge in [0.25, 0.3) is 0 Å². The first-order chi connectivity index (χ1) is 20.3. The third-order valence-electron chi connectivity index (χ3n) is 7.55. The normalized spacial score (nSPS) is 19.0. The minimum atomic E-state index is -0.842. The van der Waals surface area contributed by atoms with Gasteiger partial charge in [-0.2, -0.15) is 0 Å². The smallest absolute Gasteiger partial charge is 0.334 e. The lowest BCUT2D eigenvalue weighted by Crippen LogP contribution is -2.76. The largest absolute Gasteiger partial charge is 0.508 e. The number of fused-ring (bicyclic) bond motifs is 1. The van der Waals surface area contributed by atoms with Crippen molar-refractivity contribution in [1.29, 1.82) is 0 Å². The number of rotatable bonds is 8. The summed E-state index contributed by atoms with van der Waals surface area (Å²) >= 11 is 0. The Balaban J connectivity index is 1.44. The van der Waals surface area contributed by atoms with Crippen LogP contribution in [0.2, 0.25) is 0 Å². The van der Waals surface area contributed by atoms with Crippen LogP contribution < -0.4 is 14.8 Å². The number of carbonyl (C=O) groups is 3. The number of hydrogen-bond donors (Lipinski definition) is 2. The van der Waals surface area contributed by atoms with Gasteiger partial charge in [-0.25, -0.2) is 14.8 Å². The molecule has 0 aliphatic carbocycles. The first-order valence-electron chi connectivity index (χ1n) is 13.6. The van der Waals surface area contributed by atoms with Crippen molar-refractivity contribution in [2.45, 2.75) is 31.7 Å². The van der Waals surface area contributed by atoms with E-state index in [1.54, 1.807) is 66.8 Å². The van der Waals surface area contributed by atoms with Gasteiger partial charge in [-0.05, 0) is 41.5 Å². The fourth-order valence-electron chi connectivity index (χ4n) is 5.56. The minimum Gasteiger partial charge on any atom is -0.508 e. The van der Waals surface area contributed by atoms with Gasteiger partial charge in [0.15, 0.2) is 11.5 Å². The fourth-order valence-corrected chi connectivity index (χ4v) is 5.56. The number of phenolic OH excluding ortho intramolecular Hbond substituents is 1. The summed E-state index contributed by atoms with van der Waals surface area (Å²) < 4.78 is 10.9. The van der Waals surface area contributed by atoms with Gasteiger partial charge in [-0.3, -0.25) is 14.6 Å². The van der Waals surface area contributed by atoms with Crippen molar-refractivity contribution in [2.75, 3.05) is 34.4 Å². The molecule has 5 rings (SSSR count). The summed E-state index contributed by atoms with van der Waals surface area (Å²) in [5, 5.41) is 15.8. The van der Waals surface area contributed by atoms with Crippen molar-refractivity contribution in [1.82, 2.24) is 30.1 Å². The van der Waals surface area contributed by atoms with E-state index in [0.717, 1.165) is 16.7 Å². The molecular formula is C30H34N6O6. The summed E-state index contributed by atoms with van der Waals surface area (Å²) in [5.74, 6) is 0.713. The molecule has 12 heteroatoms. The van der Waals surface area contributed by atoms with E-state index in [4.69, 9.17) is 9.47 Å². The molecule has 3 heterocycles. The number of benzene rings is 2. The quantitative estimate of drug-likeness (QED) is 0.418. The maximum absolute atomic E-state index is 13.9. The second kappa shape index (κ2) is 12.4. The lowest BCUT2D eigenvalue weighted by Gasteiger charge is -2.54. The van der Waals surface area contributed by atoms with Gasteiger partial charge >= 0.3 is 6.03 Å². The second-order valence-corrected chi connectivity index (χ2v) is 10.2. The molecular weight excluding hydrogens is 540 g/mol. The average Bonchev–Trinajstić information content (AvgIpc) is 2.99. The Bertz CT molecular complexity index is 1440. The van der Waals surface area contributed by atoms with E-state index in [1.807, 2.05) is 24.3 Å². The minimum absolute atomic E-state index is 0.0733. The molecule has 2 atom stereocenters. The molecule has 2 aliphatic rings. The van der Waals surface area contributed by atoms with E-state index in [-0.39, 0.29) is 43.6 Å². The van der Waals surface area contributed by atoms with Crippen LogP contribution in [-0.4, -0.2) is 94.3 Å². The maximum Gasteiger partial charge on any atom is 0.334 e. The van der Waals surface area contributed by atoms with Gasteiger partial charge < -0.3 is 29.7 Å². The summed E-state index contributed by atoms with van der Waals surface area (Å²) in [6.45, 7) is 0.502. The van der Waals surface area contributed by atoms with Crippen LogP contribution in [0.4, 0.5) is 4.79 Å². The zero-order valence-corrected chi connectivity index (χ0v) is 23.8. The summed E-state index contributed by atoms with van der Waals surface area (Å²) in [7, 11) is 4.76. The number of hydrazine groups is 1. The highest BCUT2D eigenvalue weighted by atomic mass is 16.5. The van der Waals surface area contributed by atoms with E-state index in [0.29, 0.717) is 18.0 Å². The Morgan fingerprint density at radius 2 is 1.76 bits per heavy atom. The highest BCUT2D eigenvalue weighted by Crippen LogP contribution is 2.32. The number of aromatic hydroxyl groups is 1. The van der Waals surface area contributed by atoms with Crippen LogP contribution in [0, 0.1) is 0 Å². The number of pyridine rings is 1. The number of nitrogens with one attached hydrogen (secondary N) is 1. The highest BCUT2D eigenvalue weighted by Gasteiger charge is 2.50. The molecule has 0 spiro atoms. The summed E-state index contributed by atoms with van der Waals surface area (Å²) in [4.78, 5) is 48.4. The van der Waals surface area contributed by atoms with Crippen LogP contribution >= 0.6 is 0 Å². The number of para-hydroxylation sites is 1. The van der Waals surface area contributed by atoms with Crippen molar-refractivity contribution >= 4 is 17.8 Å². The number of phenols is 1. The molecule has 0 bridgehead atoms. The first kappa shape index (κ1) is 28.7. The average molecular weight is 575 g/mol. The Hall–Kier alpha value is -4.84. The number of urea groups is 1. The van der Waals surface area contributed by atoms with E-state index in [1.165, 1.54) is 17.0 Å². The Morgan fingerprint density at radius 3 is 2.45 bits per heavy atom. The molecule has 1 aromatic heterocycles. The number of likely N-dealkylation sites (N-methyl/N-ethyl adjacent to an activating group) is 1. The number of aromatic nitrogens is 1. The fraction of sp³-hybridized carbons (Fsp3) is 0.333. The number of amides is 4. The van der Waals surface area contributed by atoms with Crippen molar-refractivity contribution in [2.24, 2.45) is 0 Å². The first-order valence-corrected chi connectivity index (χ1v) is 13.6. The molecule has 4 amide bonds. The topological polar surface area (TPSA) is 128 Å². The molecule has 2 aliphatic heterocycles. The number of piperazine rings is 1. The van der Waals surface area contributed by atoms with E-state index in [9.17, 15) is 19.5 Å². The van der Waals surface area contributed by atoms with E-state index >= 15 is 0 Å². The number of nitrogens with zero attached hydrogens (tertiary/aromatic N) is 5. The van der Waals surface area contributed by atoms with Gasteiger partial charge in [0.2, 0.25) is 11.8 Å².